The smallest absolute Gasteiger partial charge is 0.287 e. The van der Waals surface area contributed by atoms with E-state index in [1.807, 2.05) is 37.4 Å². The Kier molecular flexibility index (Phi) is 5.76. The van der Waals surface area contributed by atoms with E-state index in [2.05, 4.69) is 15.6 Å². The highest BCUT2D eigenvalue weighted by atomic mass is 16.2. The van der Waals surface area contributed by atoms with E-state index in [9.17, 15) is 9.59 Å². The molecule has 0 unspecified atom stereocenters. The molecule has 2 rings (SSSR count). The van der Waals surface area contributed by atoms with Crippen LogP contribution in [0.15, 0.2) is 0 Å². The van der Waals surface area contributed by atoms with Crippen molar-refractivity contribution in [1.29, 1.82) is 0 Å². The van der Waals surface area contributed by atoms with Gasteiger partial charge < -0.3 is 20.1 Å². The first-order valence-electron chi connectivity index (χ1n) is 8.23. The van der Waals surface area contributed by atoms with E-state index in [1.165, 1.54) is 0 Å². The monoisotopic (exact) mass is 321 g/mol. The van der Waals surface area contributed by atoms with Crippen molar-refractivity contribution in [3.8, 4) is 0 Å². The summed E-state index contributed by atoms with van der Waals surface area (Å²) in [5.41, 5.74) is 1.28. The van der Waals surface area contributed by atoms with E-state index in [-0.39, 0.29) is 17.9 Å². The fraction of sp³-hybridized carbons (Fsp3) is 0.688. The molecule has 0 aliphatic carbocycles. The van der Waals surface area contributed by atoms with Crippen LogP contribution in [0.5, 0.6) is 0 Å². The Hall–Kier alpha value is -1.89. The lowest BCUT2D eigenvalue weighted by atomic mass is 10.1. The van der Waals surface area contributed by atoms with Crippen molar-refractivity contribution in [3.05, 3.63) is 17.2 Å². The number of fused-ring (bicyclic) bond motifs is 1. The quantitative estimate of drug-likeness (QED) is 0.806. The van der Waals surface area contributed by atoms with Crippen LogP contribution in [0.2, 0.25) is 0 Å². The average Bonchev–Trinajstić information content (AvgIpc) is 2.85. The molecule has 0 fully saturated rings. The number of carbonyl (C=O) groups excluding carboxylic acids is 2. The summed E-state index contributed by atoms with van der Waals surface area (Å²) in [4.78, 5) is 31.1. The van der Waals surface area contributed by atoms with Gasteiger partial charge in [-0.05, 0) is 47.2 Å². The second-order valence-electron chi connectivity index (χ2n) is 6.53. The third-order valence-electron chi connectivity index (χ3n) is 3.80. The third-order valence-corrected chi connectivity index (χ3v) is 3.80. The van der Waals surface area contributed by atoms with Crippen molar-refractivity contribution in [1.82, 2.24) is 25.1 Å². The van der Waals surface area contributed by atoms with E-state index >= 15 is 0 Å². The predicted molar refractivity (Wildman–Crippen MR) is 88.7 cm³/mol. The van der Waals surface area contributed by atoms with E-state index < -0.39 is 0 Å². The van der Waals surface area contributed by atoms with Crippen LogP contribution < -0.4 is 10.6 Å². The molecule has 23 heavy (non-hydrogen) atoms. The Bertz CT molecular complexity index is 577. The third kappa shape index (κ3) is 4.31. The highest BCUT2D eigenvalue weighted by Crippen LogP contribution is 2.21. The van der Waals surface area contributed by atoms with Crippen molar-refractivity contribution in [2.75, 3.05) is 27.2 Å². The summed E-state index contributed by atoms with van der Waals surface area (Å²) in [7, 11) is 3.91. The van der Waals surface area contributed by atoms with E-state index in [0.29, 0.717) is 18.1 Å². The fourth-order valence-electron chi connectivity index (χ4n) is 2.70. The first-order chi connectivity index (χ1) is 10.9. The highest BCUT2D eigenvalue weighted by Gasteiger charge is 2.27. The zero-order valence-corrected chi connectivity index (χ0v) is 14.5. The Balaban J connectivity index is 2.21. The predicted octanol–water partition coefficient (Wildman–Crippen LogP) is 0.649. The molecule has 0 saturated carbocycles. The summed E-state index contributed by atoms with van der Waals surface area (Å²) in [5, 5.41) is 5.74. The van der Waals surface area contributed by atoms with Crippen molar-refractivity contribution in [2.24, 2.45) is 0 Å². The molecule has 0 aromatic carbocycles. The van der Waals surface area contributed by atoms with Gasteiger partial charge >= 0.3 is 0 Å². The Morgan fingerprint density at radius 2 is 2.00 bits per heavy atom. The van der Waals surface area contributed by atoms with Crippen LogP contribution in [0.4, 0.5) is 0 Å². The molecule has 1 aromatic rings. The largest absolute Gasteiger partial charge is 0.348 e. The molecule has 2 heterocycles. The van der Waals surface area contributed by atoms with Gasteiger partial charge in [0.2, 0.25) is 0 Å². The Labute approximate surface area is 137 Å². The molecule has 1 aliphatic heterocycles. The van der Waals surface area contributed by atoms with Gasteiger partial charge in [-0.25, -0.2) is 4.98 Å². The van der Waals surface area contributed by atoms with Gasteiger partial charge in [-0.3, -0.25) is 9.59 Å². The average molecular weight is 321 g/mol. The summed E-state index contributed by atoms with van der Waals surface area (Å²) in [6, 6.07) is 0.0424. The second-order valence-corrected chi connectivity index (χ2v) is 6.53. The molecule has 0 saturated heterocycles. The summed E-state index contributed by atoms with van der Waals surface area (Å²) >= 11 is 0. The molecular weight excluding hydrogens is 294 g/mol. The van der Waals surface area contributed by atoms with Crippen molar-refractivity contribution in [3.63, 3.8) is 0 Å². The Morgan fingerprint density at radius 3 is 2.65 bits per heavy atom. The maximum absolute atomic E-state index is 12.4. The molecule has 2 N–H and O–H groups in total. The first kappa shape index (κ1) is 17.5. The molecule has 2 amide bonds. The van der Waals surface area contributed by atoms with Crippen molar-refractivity contribution < 1.29 is 9.59 Å². The maximum Gasteiger partial charge on any atom is 0.287 e. The van der Waals surface area contributed by atoms with E-state index in [4.69, 9.17) is 0 Å². The SMILES string of the molecule is CC(C)NC(=O)c1nc(C(=O)NCCN(C)C)n2c1CCCC2. The number of nitrogens with one attached hydrogen (secondary N) is 2. The van der Waals surface area contributed by atoms with Gasteiger partial charge in [-0.2, -0.15) is 0 Å². The Morgan fingerprint density at radius 1 is 1.26 bits per heavy atom. The summed E-state index contributed by atoms with van der Waals surface area (Å²) < 4.78 is 1.91. The molecule has 7 heteroatoms. The first-order valence-corrected chi connectivity index (χ1v) is 8.23. The minimum Gasteiger partial charge on any atom is -0.348 e. The van der Waals surface area contributed by atoms with Crippen LogP contribution in [0.1, 0.15) is 53.5 Å². The number of hydrogen-bond acceptors (Lipinski definition) is 4. The molecular formula is C16H27N5O2. The molecule has 7 nitrogen and oxygen atoms in total. The number of aromatic nitrogens is 2. The standard InChI is InChI=1S/C16H27N5O2/c1-11(2)18-15(22)13-12-7-5-6-9-21(12)14(19-13)16(23)17-8-10-20(3)4/h11H,5-10H2,1-4H3,(H,17,23)(H,18,22). The normalized spacial score (nSPS) is 14.0. The van der Waals surface area contributed by atoms with Gasteiger partial charge in [-0.1, -0.05) is 0 Å². The molecule has 0 spiro atoms. The number of carbonyl (C=O) groups is 2. The van der Waals surface area contributed by atoms with Crippen LogP contribution in [-0.2, 0) is 13.0 Å². The number of rotatable bonds is 6. The number of amides is 2. The maximum atomic E-state index is 12.4. The highest BCUT2D eigenvalue weighted by molar-refractivity contribution is 5.97. The number of nitrogens with zero attached hydrogens (tertiary/aromatic N) is 3. The minimum atomic E-state index is -0.210. The number of hydrogen-bond donors (Lipinski definition) is 2. The van der Waals surface area contributed by atoms with E-state index in [0.717, 1.165) is 38.0 Å². The number of imidazole rings is 1. The second kappa shape index (κ2) is 7.59. The van der Waals surface area contributed by atoms with Gasteiger partial charge in [0, 0.05) is 25.7 Å². The zero-order chi connectivity index (χ0) is 17.0. The van der Waals surface area contributed by atoms with Gasteiger partial charge in [0.05, 0.1) is 5.69 Å². The fourth-order valence-corrected chi connectivity index (χ4v) is 2.70. The summed E-state index contributed by atoms with van der Waals surface area (Å²) in [6.07, 6.45) is 2.82. The van der Waals surface area contributed by atoms with Gasteiger partial charge in [0.1, 0.15) is 5.69 Å². The van der Waals surface area contributed by atoms with Crippen molar-refractivity contribution >= 4 is 11.8 Å². The summed E-state index contributed by atoms with van der Waals surface area (Å²) in [5.74, 6) is -0.0519. The lowest BCUT2D eigenvalue weighted by Crippen LogP contribution is -2.33. The lowest BCUT2D eigenvalue weighted by molar-refractivity contribution is 0.0934. The van der Waals surface area contributed by atoms with Crippen LogP contribution in [0.3, 0.4) is 0 Å². The van der Waals surface area contributed by atoms with Crippen LogP contribution >= 0.6 is 0 Å². The lowest BCUT2D eigenvalue weighted by Gasteiger charge is -2.17. The van der Waals surface area contributed by atoms with Crippen LogP contribution in [0, 0.1) is 0 Å². The molecule has 1 aliphatic rings. The molecule has 1 aromatic heterocycles. The van der Waals surface area contributed by atoms with Crippen molar-refractivity contribution in [2.45, 2.75) is 45.7 Å². The molecule has 0 atom stereocenters. The van der Waals surface area contributed by atoms with Crippen LogP contribution in [-0.4, -0.2) is 59.5 Å². The zero-order valence-electron chi connectivity index (χ0n) is 14.5. The van der Waals surface area contributed by atoms with Crippen LogP contribution in [0.25, 0.3) is 0 Å². The topological polar surface area (TPSA) is 79.3 Å². The molecule has 0 bridgehead atoms. The van der Waals surface area contributed by atoms with Gasteiger partial charge in [0.15, 0.2) is 5.82 Å². The summed E-state index contributed by atoms with van der Waals surface area (Å²) in [6.45, 7) is 5.89. The molecule has 128 valence electrons. The molecule has 0 radical (unpaired) electrons. The number of likely N-dealkylation sites (N-methyl/N-ethyl adjacent to an activating group) is 1. The van der Waals surface area contributed by atoms with Gasteiger partial charge in [0.25, 0.3) is 11.8 Å². The van der Waals surface area contributed by atoms with E-state index in [1.54, 1.807) is 0 Å². The van der Waals surface area contributed by atoms with Gasteiger partial charge in [-0.15, -0.1) is 0 Å². The minimum absolute atomic E-state index is 0.0424.